The van der Waals surface area contributed by atoms with Crippen LogP contribution in [0.3, 0.4) is 0 Å². The maximum atomic E-state index is 6.01. The lowest BCUT2D eigenvalue weighted by atomic mass is 10.2. The van der Waals surface area contributed by atoms with Crippen molar-refractivity contribution >= 4 is 11.5 Å². The molecule has 0 aliphatic rings. The smallest absolute Gasteiger partial charge is 0.303 e. The highest BCUT2D eigenvalue weighted by atomic mass is 32.1. The van der Waals surface area contributed by atoms with E-state index in [9.17, 15) is 0 Å². The highest BCUT2D eigenvalue weighted by molar-refractivity contribution is 7.05. The quantitative estimate of drug-likeness (QED) is 0.768. The van der Waals surface area contributed by atoms with E-state index >= 15 is 0 Å². The minimum atomic E-state index is -1.25. The van der Waals surface area contributed by atoms with Gasteiger partial charge >= 0.3 is 5.97 Å². The molecule has 1 heterocycles. The fraction of sp³-hybridized carbons (Fsp3) is 0.667. The Bertz CT molecular complexity index is 304. The Balaban J connectivity index is 2.94. The molecule has 0 aliphatic carbocycles. The zero-order chi connectivity index (χ0) is 11.5. The van der Waals surface area contributed by atoms with Gasteiger partial charge in [-0.05, 0) is 24.5 Å². The lowest BCUT2D eigenvalue weighted by Crippen LogP contribution is -2.46. The fourth-order valence-electron chi connectivity index (χ4n) is 1.33. The Morgan fingerprint density at radius 3 is 2.20 bits per heavy atom. The number of nitrogens with two attached hydrogens (primary N) is 1. The van der Waals surface area contributed by atoms with Gasteiger partial charge in [0.2, 0.25) is 0 Å². The summed E-state index contributed by atoms with van der Waals surface area (Å²) in [6.45, 7) is 1.90. The van der Waals surface area contributed by atoms with Gasteiger partial charge < -0.3 is 19.9 Å². The van der Waals surface area contributed by atoms with Gasteiger partial charge in [-0.15, -0.1) is 0 Å². The first-order valence-corrected chi connectivity index (χ1v) is 5.21. The van der Waals surface area contributed by atoms with Gasteiger partial charge in [0, 0.05) is 21.3 Å². The number of ether oxygens (including phenoxy) is 3. The highest BCUT2D eigenvalue weighted by Gasteiger charge is 2.39. The highest BCUT2D eigenvalue weighted by Crippen LogP contribution is 2.30. The van der Waals surface area contributed by atoms with Crippen LogP contribution in [0.5, 0.6) is 0 Å². The number of rotatable bonds is 5. The van der Waals surface area contributed by atoms with Crippen molar-refractivity contribution in [2.45, 2.75) is 18.9 Å². The second-order valence-corrected chi connectivity index (χ2v) is 3.90. The third-order valence-electron chi connectivity index (χ3n) is 2.19. The van der Waals surface area contributed by atoms with Crippen LogP contribution in [0.25, 0.3) is 0 Å². The molecule has 0 fully saturated rings. The van der Waals surface area contributed by atoms with Crippen molar-refractivity contribution in [3.05, 3.63) is 16.6 Å². The number of hydrogen-bond donors (Lipinski definition) is 1. The van der Waals surface area contributed by atoms with E-state index < -0.39 is 12.0 Å². The number of aryl methyl sites for hydroxylation is 1. The largest absolute Gasteiger partial charge is 0.329 e. The molecule has 1 atom stereocenters. The summed E-state index contributed by atoms with van der Waals surface area (Å²) in [6, 6.07) is 1.37. The maximum Gasteiger partial charge on any atom is 0.303 e. The second kappa shape index (κ2) is 5.00. The lowest BCUT2D eigenvalue weighted by molar-refractivity contribution is -0.363. The van der Waals surface area contributed by atoms with Crippen molar-refractivity contribution in [1.29, 1.82) is 0 Å². The Labute approximate surface area is 93.3 Å². The zero-order valence-electron chi connectivity index (χ0n) is 9.31. The fourth-order valence-corrected chi connectivity index (χ4v) is 2.12. The van der Waals surface area contributed by atoms with Gasteiger partial charge in [-0.1, -0.05) is 0 Å². The molecule has 1 unspecified atom stereocenters. The van der Waals surface area contributed by atoms with E-state index in [0.29, 0.717) is 0 Å². The van der Waals surface area contributed by atoms with Crippen LogP contribution in [0.15, 0.2) is 6.07 Å². The van der Waals surface area contributed by atoms with Crippen molar-refractivity contribution < 1.29 is 14.2 Å². The minimum Gasteiger partial charge on any atom is -0.329 e. The number of aromatic nitrogens is 1. The average molecular weight is 232 g/mol. The second-order valence-electron chi connectivity index (χ2n) is 3.06. The molecule has 0 amide bonds. The van der Waals surface area contributed by atoms with Crippen LogP contribution < -0.4 is 5.73 Å². The summed E-state index contributed by atoms with van der Waals surface area (Å²) in [6.07, 6.45) is 0. The molecule has 0 spiro atoms. The molecule has 0 saturated carbocycles. The van der Waals surface area contributed by atoms with Gasteiger partial charge in [-0.2, -0.15) is 4.37 Å². The first-order valence-electron chi connectivity index (χ1n) is 4.44. The van der Waals surface area contributed by atoms with E-state index in [1.165, 1.54) is 32.9 Å². The third-order valence-corrected chi connectivity index (χ3v) is 3.15. The van der Waals surface area contributed by atoms with Gasteiger partial charge in [-0.3, -0.25) is 0 Å². The molecule has 1 aromatic rings. The van der Waals surface area contributed by atoms with E-state index in [2.05, 4.69) is 4.37 Å². The van der Waals surface area contributed by atoms with Gasteiger partial charge in [0.1, 0.15) is 6.04 Å². The normalized spacial score (nSPS) is 14.2. The average Bonchev–Trinajstić information content (AvgIpc) is 2.68. The van der Waals surface area contributed by atoms with E-state index in [1.807, 2.05) is 13.0 Å². The van der Waals surface area contributed by atoms with Crippen LogP contribution in [0.2, 0.25) is 0 Å². The number of hydrogen-bond acceptors (Lipinski definition) is 6. The van der Waals surface area contributed by atoms with Crippen LogP contribution in [-0.2, 0) is 14.2 Å². The van der Waals surface area contributed by atoms with Crippen molar-refractivity contribution in [1.82, 2.24) is 4.37 Å². The summed E-state index contributed by atoms with van der Waals surface area (Å²) in [5.41, 5.74) is 6.93. The molecule has 0 radical (unpaired) electrons. The molecule has 15 heavy (non-hydrogen) atoms. The zero-order valence-corrected chi connectivity index (χ0v) is 10.1. The first-order chi connectivity index (χ1) is 7.09. The van der Waals surface area contributed by atoms with Crippen LogP contribution in [-0.4, -0.2) is 31.7 Å². The first kappa shape index (κ1) is 12.5. The molecule has 0 aliphatic heterocycles. The molecule has 6 heteroatoms. The van der Waals surface area contributed by atoms with E-state index in [0.717, 1.165) is 10.6 Å². The van der Waals surface area contributed by atoms with Crippen LogP contribution >= 0.6 is 11.5 Å². The summed E-state index contributed by atoms with van der Waals surface area (Å²) >= 11 is 1.32. The predicted octanol–water partition coefficient (Wildman–Crippen LogP) is 1.04. The molecule has 5 nitrogen and oxygen atoms in total. The topological polar surface area (TPSA) is 66.6 Å². The Morgan fingerprint density at radius 1 is 1.33 bits per heavy atom. The van der Waals surface area contributed by atoms with Crippen LogP contribution in [0.4, 0.5) is 0 Å². The molecular formula is C9H16N2O3S. The Kier molecular flexibility index (Phi) is 4.18. The predicted molar refractivity (Wildman–Crippen MR) is 57.5 cm³/mol. The van der Waals surface area contributed by atoms with E-state index in [-0.39, 0.29) is 0 Å². The maximum absolute atomic E-state index is 6.01. The Morgan fingerprint density at radius 2 is 1.87 bits per heavy atom. The summed E-state index contributed by atoms with van der Waals surface area (Å²) in [5.74, 6) is -1.25. The molecule has 1 aromatic heterocycles. The monoisotopic (exact) mass is 232 g/mol. The summed E-state index contributed by atoms with van der Waals surface area (Å²) in [5, 5.41) is 0. The van der Waals surface area contributed by atoms with Crippen molar-refractivity contribution in [2.24, 2.45) is 5.73 Å². The lowest BCUT2D eigenvalue weighted by Gasteiger charge is -2.33. The summed E-state index contributed by atoms with van der Waals surface area (Å²) < 4.78 is 19.7. The van der Waals surface area contributed by atoms with E-state index in [1.54, 1.807) is 0 Å². The standard InChI is InChI=1S/C9H16N2O3S/c1-6-5-7(15-11-6)8(10)9(12-2,13-3)14-4/h5,8H,10H2,1-4H3. The SMILES string of the molecule is COC(OC)(OC)C(N)c1cc(C)ns1. The van der Waals surface area contributed by atoms with Gasteiger partial charge in [-0.25, -0.2) is 0 Å². The van der Waals surface area contributed by atoms with Crippen molar-refractivity contribution in [2.75, 3.05) is 21.3 Å². The van der Waals surface area contributed by atoms with Gasteiger partial charge in [0.05, 0.1) is 10.6 Å². The van der Waals surface area contributed by atoms with Gasteiger partial charge in [0.25, 0.3) is 0 Å². The molecule has 2 N–H and O–H groups in total. The van der Waals surface area contributed by atoms with Crippen molar-refractivity contribution in [3.63, 3.8) is 0 Å². The molecule has 0 aromatic carbocycles. The van der Waals surface area contributed by atoms with Crippen molar-refractivity contribution in [3.8, 4) is 0 Å². The van der Waals surface area contributed by atoms with Gasteiger partial charge in [0.15, 0.2) is 0 Å². The third kappa shape index (κ3) is 2.35. The molecular weight excluding hydrogens is 216 g/mol. The number of nitrogens with zero attached hydrogens (tertiary/aromatic N) is 1. The van der Waals surface area contributed by atoms with Crippen LogP contribution in [0.1, 0.15) is 16.6 Å². The molecule has 0 saturated heterocycles. The molecule has 1 rings (SSSR count). The Hall–Kier alpha value is -0.530. The van der Waals surface area contributed by atoms with Crippen LogP contribution in [0, 0.1) is 6.92 Å². The number of methoxy groups -OCH3 is 3. The summed E-state index contributed by atoms with van der Waals surface area (Å²) in [4.78, 5) is 0.859. The molecule has 0 bridgehead atoms. The van der Waals surface area contributed by atoms with E-state index in [4.69, 9.17) is 19.9 Å². The molecule has 86 valence electrons. The minimum absolute atomic E-state index is 0.524. The summed E-state index contributed by atoms with van der Waals surface area (Å²) in [7, 11) is 4.46.